The normalized spacial score (nSPS) is 11.0. The van der Waals surface area contributed by atoms with Crippen LogP contribution < -0.4 is 0 Å². The summed E-state index contributed by atoms with van der Waals surface area (Å²) in [7, 11) is 0. The molecule has 2 aromatic rings. The van der Waals surface area contributed by atoms with Gasteiger partial charge in [-0.3, -0.25) is 4.79 Å². The van der Waals surface area contributed by atoms with Crippen LogP contribution in [0.2, 0.25) is 0 Å². The fourth-order valence-electron chi connectivity index (χ4n) is 2.36. The average molecular weight is 301 g/mol. The lowest BCUT2D eigenvalue weighted by atomic mass is 10.0. The minimum absolute atomic E-state index is 0.235. The van der Waals surface area contributed by atoms with E-state index in [1.165, 1.54) is 5.56 Å². The van der Waals surface area contributed by atoms with Gasteiger partial charge in [0.2, 0.25) is 0 Å². The number of hydrogen-bond acceptors (Lipinski definition) is 4. The van der Waals surface area contributed by atoms with Gasteiger partial charge in [-0.05, 0) is 37.3 Å². The van der Waals surface area contributed by atoms with Crippen molar-refractivity contribution >= 4 is 5.97 Å². The van der Waals surface area contributed by atoms with Crippen LogP contribution >= 0.6 is 0 Å². The largest absolute Gasteiger partial charge is 0.466 e. The zero-order valence-corrected chi connectivity index (χ0v) is 13.7. The molecule has 2 rings (SSSR count). The smallest absolute Gasteiger partial charge is 0.310 e. The van der Waals surface area contributed by atoms with E-state index in [0.29, 0.717) is 12.5 Å². The van der Waals surface area contributed by atoms with Crippen molar-refractivity contribution in [3.05, 3.63) is 41.3 Å². The Morgan fingerprint density at radius 2 is 2.14 bits per heavy atom. The van der Waals surface area contributed by atoms with Gasteiger partial charge in [0, 0.05) is 18.0 Å². The van der Waals surface area contributed by atoms with Crippen LogP contribution in [0.3, 0.4) is 0 Å². The van der Waals surface area contributed by atoms with Gasteiger partial charge in [-0.15, -0.1) is 0 Å². The Hall–Kier alpha value is -2.17. The lowest BCUT2D eigenvalue weighted by molar-refractivity contribution is -0.142. The molecule has 22 heavy (non-hydrogen) atoms. The highest BCUT2D eigenvalue weighted by Crippen LogP contribution is 2.17. The summed E-state index contributed by atoms with van der Waals surface area (Å²) in [5, 5.41) is 4.34. The first kappa shape index (κ1) is 16.2. The van der Waals surface area contributed by atoms with Gasteiger partial charge in [-0.25, -0.2) is 9.67 Å². The molecule has 5 heteroatoms. The number of ether oxygens (including phenoxy) is 1. The highest BCUT2D eigenvalue weighted by Gasteiger charge is 2.12. The summed E-state index contributed by atoms with van der Waals surface area (Å²) in [6.45, 7) is 8.60. The summed E-state index contributed by atoms with van der Waals surface area (Å²) in [5.41, 5.74) is 3.13. The average Bonchev–Trinajstić information content (AvgIpc) is 2.86. The highest BCUT2D eigenvalue weighted by molar-refractivity contribution is 5.72. The van der Waals surface area contributed by atoms with E-state index < -0.39 is 0 Å². The quantitative estimate of drug-likeness (QED) is 0.770. The van der Waals surface area contributed by atoms with Crippen LogP contribution in [0, 0.1) is 12.8 Å². The standard InChI is InChI=1S/C17H23N3O2/c1-5-22-16(21)8-14-10-19-20(11-14)17-15(6-12(2)3)7-13(4)9-18-17/h7,9-12H,5-6,8H2,1-4H3. The third-order valence-corrected chi connectivity index (χ3v) is 3.21. The van der Waals surface area contributed by atoms with Crippen LogP contribution in [-0.2, 0) is 22.4 Å². The molecule has 0 aliphatic heterocycles. The molecule has 2 aromatic heterocycles. The van der Waals surface area contributed by atoms with Crippen LogP contribution in [0.1, 0.15) is 37.5 Å². The van der Waals surface area contributed by atoms with Gasteiger partial charge in [-0.2, -0.15) is 5.10 Å². The fraction of sp³-hybridized carbons (Fsp3) is 0.471. The first-order valence-corrected chi connectivity index (χ1v) is 7.64. The molecule has 0 radical (unpaired) electrons. The third kappa shape index (κ3) is 4.16. The Balaban J connectivity index is 2.25. The number of hydrogen-bond donors (Lipinski definition) is 0. The SMILES string of the molecule is CCOC(=O)Cc1cnn(-c2ncc(C)cc2CC(C)C)c1. The molecule has 0 unspecified atom stereocenters. The lowest BCUT2D eigenvalue weighted by Gasteiger charge is -2.11. The highest BCUT2D eigenvalue weighted by atomic mass is 16.5. The van der Waals surface area contributed by atoms with E-state index in [-0.39, 0.29) is 12.4 Å². The molecule has 0 aliphatic rings. The molecular weight excluding hydrogens is 278 g/mol. The van der Waals surface area contributed by atoms with Gasteiger partial charge in [-0.1, -0.05) is 19.9 Å². The molecular formula is C17H23N3O2. The monoisotopic (exact) mass is 301 g/mol. The van der Waals surface area contributed by atoms with Gasteiger partial charge in [0.25, 0.3) is 0 Å². The third-order valence-electron chi connectivity index (χ3n) is 3.21. The number of aromatic nitrogens is 3. The first-order chi connectivity index (χ1) is 10.5. The second-order valence-electron chi connectivity index (χ2n) is 5.87. The molecule has 0 fully saturated rings. The summed E-state index contributed by atoms with van der Waals surface area (Å²) < 4.78 is 6.70. The predicted molar refractivity (Wildman–Crippen MR) is 85.0 cm³/mol. The number of nitrogens with zero attached hydrogens (tertiary/aromatic N) is 3. The predicted octanol–water partition coefficient (Wildman–Crippen LogP) is 2.88. The Bertz CT molecular complexity index is 647. The number of carbonyl (C=O) groups excluding carboxylic acids is 1. The molecule has 0 aromatic carbocycles. The van der Waals surface area contributed by atoms with E-state index in [2.05, 4.69) is 30.0 Å². The zero-order valence-electron chi connectivity index (χ0n) is 13.7. The van der Waals surface area contributed by atoms with Crippen molar-refractivity contribution in [1.29, 1.82) is 0 Å². The van der Waals surface area contributed by atoms with E-state index in [4.69, 9.17) is 4.74 Å². The second-order valence-corrected chi connectivity index (χ2v) is 5.87. The molecule has 0 atom stereocenters. The number of aryl methyl sites for hydroxylation is 1. The maximum absolute atomic E-state index is 11.5. The number of rotatable bonds is 6. The van der Waals surface area contributed by atoms with E-state index in [0.717, 1.165) is 23.4 Å². The Morgan fingerprint density at radius 1 is 1.36 bits per heavy atom. The molecule has 0 bridgehead atoms. The van der Waals surface area contributed by atoms with Crippen molar-refractivity contribution in [2.45, 2.75) is 40.5 Å². The first-order valence-electron chi connectivity index (χ1n) is 7.64. The second kappa shape index (κ2) is 7.20. The van der Waals surface area contributed by atoms with Gasteiger partial charge in [0.05, 0.1) is 19.2 Å². The number of pyridine rings is 1. The van der Waals surface area contributed by atoms with Crippen LogP contribution in [0.5, 0.6) is 0 Å². The number of esters is 1. The van der Waals surface area contributed by atoms with E-state index >= 15 is 0 Å². The van der Waals surface area contributed by atoms with Gasteiger partial charge >= 0.3 is 5.97 Å². The Morgan fingerprint density at radius 3 is 2.82 bits per heavy atom. The van der Waals surface area contributed by atoms with Crippen LogP contribution in [0.15, 0.2) is 24.7 Å². The topological polar surface area (TPSA) is 57.0 Å². The zero-order chi connectivity index (χ0) is 16.1. The molecule has 118 valence electrons. The molecule has 0 saturated heterocycles. The van der Waals surface area contributed by atoms with Crippen molar-refractivity contribution in [3.8, 4) is 5.82 Å². The Labute approximate surface area is 131 Å². The maximum atomic E-state index is 11.5. The van der Waals surface area contributed by atoms with E-state index in [1.54, 1.807) is 17.8 Å². The molecule has 0 aliphatic carbocycles. The minimum Gasteiger partial charge on any atom is -0.466 e. The van der Waals surface area contributed by atoms with Crippen molar-refractivity contribution in [2.24, 2.45) is 5.92 Å². The fourth-order valence-corrected chi connectivity index (χ4v) is 2.36. The van der Waals surface area contributed by atoms with Crippen molar-refractivity contribution in [1.82, 2.24) is 14.8 Å². The van der Waals surface area contributed by atoms with Crippen molar-refractivity contribution in [3.63, 3.8) is 0 Å². The number of carbonyl (C=O) groups is 1. The van der Waals surface area contributed by atoms with E-state index in [1.807, 2.05) is 19.3 Å². The molecule has 0 amide bonds. The van der Waals surface area contributed by atoms with Crippen LogP contribution in [-0.4, -0.2) is 27.3 Å². The minimum atomic E-state index is -0.235. The molecule has 2 heterocycles. The van der Waals surface area contributed by atoms with E-state index in [9.17, 15) is 4.79 Å². The van der Waals surface area contributed by atoms with Crippen LogP contribution in [0.4, 0.5) is 0 Å². The van der Waals surface area contributed by atoms with Crippen LogP contribution in [0.25, 0.3) is 5.82 Å². The molecule has 0 N–H and O–H groups in total. The van der Waals surface area contributed by atoms with Gasteiger partial charge in [0.1, 0.15) is 0 Å². The summed E-state index contributed by atoms with van der Waals surface area (Å²) in [5.74, 6) is 1.13. The Kier molecular flexibility index (Phi) is 5.31. The lowest BCUT2D eigenvalue weighted by Crippen LogP contribution is -2.08. The summed E-state index contributed by atoms with van der Waals surface area (Å²) in [4.78, 5) is 16.1. The maximum Gasteiger partial charge on any atom is 0.310 e. The van der Waals surface area contributed by atoms with Gasteiger partial charge in [0.15, 0.2) is 5.82 Å². The van der Waals surface area contributed by atoms with Crippen molar-refractivity contribution < 1.29 is 9.53 Å². The molecule has 5 nitrogen and oxygen atoms in total. The van der Waals surface area contributed by atoms with Gasteiger partial charge < -0.3 is 4.74 Å². The summed E-state index contributed by atoms with van der Waals surface area (Å²) >= 11 is 0. The molecule has 0 saturated carbocycles. The summed E-state index contributed by atoms with van der Waals surface area (Å²) in [6, 6.07) is 2.15. The summed E-state index contributed by atoms with van der Waals surface area (Å²) in [6.07, 6.45) is 6.55. The molecule has 0 spiro atoms. The van der Waals surface area contributed by atoms with Crippen molar-refractivity contribution in [2.75, 3.05) is 6.61 Å².